The summed E-state index contributed by atoms with van der Waals surface area (Å²) >= 11 is 6.43. The van der Waals surface area contributed by atoms with Gasteiger partial charge in [0.15, 0.2) is 0 Å². The minimum absolute atomic E-state index is 0.122. The Morgan fingerprint density at radius 3 is 2.23 bits per heavy atom. The highest BCUT2D eigenvalue weighted by atomic mass is 35.5. The Morgan fingerprint density at radius 1 is 0.886 bits per heavy atom. The lowest BCUT2D eigenvalue weighted by molar-refractivity contribution is 0.194. The van der Waals surface area contributed by atoms with Crippen LogP contribution in [0.5, 0.6) is 0 Å². The van der Waals surface area contributed by atoms with E-state index in [9.17, 15) is 9.59 Å². The maximum Gasteiger partial charge on any atom is 0.317 e. The van der Waals surface area contributed by atoms with Crippen molar-refractivity contribution < 1.29 is 4.79 Å². The van der Waals surface area contributed by atoms with Crippen LogP contribution in [-0.2, 0) is 6.54 Å². The summed E-state index contributed by atoms with van der Waals surface area (Å²) in [4.78, 5) is 29.2. The predicted molar refractivity (Wildman–Crippen MR) is 134 cm³/mol. The summed E-state index contributed by atoms with van der Waals surface area (Å²) in [5.41, 5.74) is 2.74. The van der Waals surface area contributed by atoms with Crippen LogP contribution in [0.2, 0.25) is 5.02 Å². The Labute approximate surface area is 207 Å². The number of hydrogen-bond acceptors (Lipinski definition) is 5. The lowest BCUT2D eigenvalue weighted by Crippen LogP contribution is -2.52. The largest absolute Gasteiger partial charge is 0.365 e. The average molecular weight is 490 g/mol. The van der Waals surface area contributed by atoms with Gasteiger partial charge in [-0.3, -0.25) is 4.79 Å². The van der Waals surface area contributed by atoms with Crippen molar-refractivity contribution in [3.05, 3.63) is 100 Å². The topological polar surface area (TPSA) is 88.3 Å². The van der Waals surface area contributed by atoms with Crippen molar-refractivity contribution >= 4 is 23.3 Å². The predicted octanol–water partition coefficient (Wildman–Crippen LogP) is 3.10. The first-order valence-corrected chi connectivity index (χ1v) is 11.7. The number of carbonyl (C=O) groups excluding carboxylic acids is 1. The number of anilines is 1. The zero-order valence-corrected chi connectivity index (χ0v) is 19.7. The van der Waals surface area contributed by atoms with E-state index in [0.29, 0.717) is 44.1 Å². The Bertz CT molecular complexity index is 1360. The summed E-state index contributed by atoms with van der Waals surface area (Å²) < 4.78 is 3.07. The average Bonchev–Trinajstić information content (AvgIpc) is 3.39. The fourth-order valence-electron chi connectivity index (χ4n) is 4.01. The lowest BCUT2D eigenvalue weighted by atomic mass is 10.3. The number of aromatic nitrogens is 4. The number of rotatable bonds is 5. The highest BCUT2D eigenvalue weighted by molar-refractivity contribution is 6.33. The van der Waals surface area contributed by atoms with Crippen LogP contribution in [-0.4, -0.2) is 56.7 Å². The summed E-state index contributed by atoms with van der Waals surface area (Å²) in [5, 5.41) is 11.7. The van der Waals surface area contributed by atoms with Crippen molar-refractivity contribution in [1.82, 2.24) is 29.8 Å². The number of benzene rings is 2. The molecule has 1 fully saturated rings. The fourth-order valence-corrected chi connectivity index (χ4v) is 4.26. The first kappa shape index (κ1) is 22.7. The molecule has 1 saturated heterocycles. The van der Waals surface area contributed by atoms with E-state index < -0.39 is 0 Å². The Morgan fingerprint density at radius 2 is 1.54 bits per heavy atom. The molecule has 5 rings (SSSR count). The second-order valence-electron chi connectivity index (χ2n) is 8.16. The first-order valence-electron chi connectivity index (χ1n) is 11.3. The standard InChI is InChI=1S/C25H24ClN7O2/c26-23-22(17-29-33(24(23)34)21-9-5-2-6-10-21)30-11-13-31(14-12-30)25(35)27-15-19-16-28-32(18-19)20-7-3-1-4-8-20/h1-10,16-18H,11-15H2,(H,27,35). The van der Waals surface area contributed by atoms with Gasteiger partial charge in [-0.15, -0.1) is 0 Å². The molecule has 0 saturated carbocycles. The van der Waals surface area contributed by atoms with Gasteiger partial charge in [0.25, 0.3) is 5.56 Å². The molecule has 2 aromatic carbocycles. The number of nitrogens with zero attached hydrogens (tertiary/aromatic N) is 6. The summed E-state index contributed by atoms with van der Waals surface area (Å²) in [6.45, 7) is 2.50. The van der Waals surface area contributed by atoms with Crippen LogP contribution in [0.15, 0.2) is 84.0 Å². The third-order valence-corrected chi connectivity index (χ3v) is 6.26. The van der Waals surface area contributed by atoms with E-state index in [-0.39, 0.29) is 16.6 Å². The number of nitrogens with one attached hydrogen (secondary N) is 1. The molecule has 0 spiro atoms. The lowest BCUT2D eigenvalue weighted by Gasteiger charge is -2.36. The Hall–Kier alpha value is -4.11. The van der Waals surface area contributed by atoms with E-state index in [4.69, 9.17) is 11.6 Å². The number of amides is 2. The van der Waals surface area contributed by atoms with Crippen molar-refractivity contribution in [2.45, 2.75) is 6.54 Å². The highest BCUT2D eigenvalue weighted by Gasteiger charge is 2.24. The van der Waals surface area contributed by atoms with Crippen molar-refractivity contribution in [3.63, 3.8) is 0 Å². The van der Waals surface area contributed by atoms with Crippen LogP contribution < -0.4 is 15.8 Å². The normalized spacial score (nSPS) is 13.6. The second kappa shape index (κ2) is 10.0. The summed E-state index contributed by atoms with van der Waals surface area (Å²) in [6, 6.07) is 18.8. The third-order valence-electron chi connectivity index (χ3n) is 5.91. The number of halogens is 1. The molecule has 1 aliphatic rings. The van der Waals surface area contributed by atoms with Gasteiger partial charge in [0.1, 0.15) is 5.02 Å². The number of urea groups is 1. The molecule has 2 amide bonds. The van der Waals surface area contributed by atoms with Gasteiger partial charge in [-0.05, 0) is 24.3 Å². The zero-order valence-electron chi connectivity index (χ0n) is 18.9. The number of para-hydroxylation sites is 2. The SMILES string of the molecule is O=C(NCc1cnn(-c2ccccc2)c1)N1CCN(c2cnn(-c3ccccc3)c(=O)c2Cl)CC1. The fraction of sp³-hybridized carbons (Fsp3) is 0.200. The molecular formula is C25H24ClN7O2. The molecular weight excluding hydrogens is 466 g/mol. The molecule has 1 N–H and O–H groups in total. The maximum absolute atomic E-state index is 12.8. The van der Waals surface area contributed by atoms with Gasteiger partial charge < -0.3 is 15.1 Å². The number of hydrogen-bond donors (Lipinski definition) is 1. The monoisotopic (exact) mass is 489 g/mol. The van der Waals surface area contributed by atoms with Gasteiger partial charge in [0.05, 0.1) is 29.5 Å². The molecule has 3 heterocycles. The highest BCUT2D eigenvalue weighted by Crippen LogP contribution is 2.23. The molecule has 35 heavy (non-hydrogen) atoms. The quantitative estimate of drug-likeness (QED) is 0.465. The van der Waals surface area contributed by atoms with E-state index >= 15 is 0 Å². The molecule has 1 aliphatic heterocycles. The van der Waals surface area contributed by atoms with Crippen LogP contribution in [0, 0.1) is 0 Å². The zero-order chi connectivity index (χ0) is 24.2. The smallest absolute Gasteiger partial charge is 0.317 e. The van der Waals surface area contributed by atoms with E-state index in [1.165, 1.54) is 4.68 Å². The van der Waals surface area contributed by atoms with Crippen molar-refractivity contribution in [3.8, 4) is 11.4 Å². The van der Waals surface area contributed by atoms with Crippen LogP contribution in [0.4, 0.5) is 10.5 Å². The molecule has 0 aliphatic carbocycles. The molecule has 0 unspecified atom stereocenters. The number of carbonyl (C=O) groups is 1. The molecule has 10 heteroatoms. The van der Waals surface area contributed by atoms with Crippen LogP contribution in [0.25, 0.3) is 11.4 Å². The van der Waals surface area contributed by atoms with Crippen LogP contribution >= 0.6 is 11.6 Å². The summed E-state index contributed by atoms with van der Waals surface area (Å²) in [5.74, 6) is 0. The third kappa shape index (κ3) is 4.90. The van der Waals surface area contributed by atoms with Gasteiger partial charge in [0, 0.05) is 44.5 Å². The van der Waals surface area contributed by atoms with E-state index in [1.807, 2.05) is 59.6 Å². The van der Waals surface area contributed by atoms with E-state index in [0.717, 1.165) is 11.3 Å². The molecule has 0 bridgehead atoms. The molecule has 2 aromatic heterocycles. The van der Waals surface area contributed by atoms with Gasteiger partial charge in [-0.25, -0.2) is 9.48 Å². The second-order valence-corrected chi connectivity index (χ2v) is 8.54. The van der Waals surface area contributed by atoms with Gasteiger partial charge in [0.2, 0.25) is 0 Å². The van der Waals surface area contributed by atoms with Crippen molar-refractivity contribution in [2.75, 3.05) is 31.1 Å². The molecule has 4 aromatic rings. The van der Waals surface area contributed by atoms with E-state index in [2.05, 4.69) is 15.5 Å². The summed E-state index contributed by atoms with van der Waals surface area (Å²) in [6.07, 6.45) is 5.26. The van der Waals surface area contributed by atoms with Gasteiger partial charge in [-0.2, -0.15) is 14.9 Å². The van der Waals surface area contributed by atoms with Gasteiger partial charge >= 0.3 is 6.03 Å². The minimum atomic E-state index is -0.369. The van der Waals surface area contributed by atoms with E-state index in [1.54, 1.807) is 34.1 Å². The molecule has 0 atom stereocenters. The number of piperazine rings is 1. The molecule has 0 radical (unpaired) electrons. The first-order chi connectivity index (χ1) is 17.1. The van der Waals surface area contributed by atoms with Gasteiger partial charge in [-0.1, -0.05) is 48.0 Å². The van der Waals surface area contributed by atoms with Crippen molar-refractivity contribution in [2.24, 2.45) is 0 Å². The Kier molecular flexibility index (Phi) is 6.49. The summed E-state index contributed by atoms with van der Waals surface area (Å²) in [7, 11) is 0. The van der Waals surface area contributed by atoms with Crippen molar-refractivity contribution in [1.29, 1.82) is 0 Å². The van der Waals surface area contributed by atoms with Crippen LogP contribution in [0.3, 0.4) is 0 Å². The minimum Gasteiger partial charge on any atom is -0.365 e. The maximum atomic E-state index is 12.8. The molecule has 9 nitrogen and oxygen atoms in total. The van der Waals surface area contributed by atoms with Crippen LogP contribution in [0.1, 0.15) is 5.56 Å². The molecule has 178 valence electrons. The Balaban J connectivity index is 1.17.